The van der Waals surface area contributed by atoms with Gasteiger partial charge in [-0.15, -0.1) is 0 Å². The van der Waals surface area contributed by atoms with E-state index in [1.54, 1.807) is 68.8 Å². The number of methoxy groups -OCH3 is 2. The van der Waals surface area contributed by atoms with E-state index < -0.39 is 24.0 Å². The van der Waals surface area contributed by atoms with Crippen molar-refractivity contribution in [2.75, 3.05) is 27.4 Å². The van der Waals surface area contributed by atoms with Gasteiger partial charge in [-0.25, -0.2) is 0 Å². The second-order valence-electron chi connectivity index (χ2n) is 10.5. The maximum atomic E-state index is 11.7. The van der Waals surface area contributed by atoms with Crippen LogP contribution in [0.5, 0.6) is 34.5 Å². The molecule has 4 aromatic rings. The van der Waals surface area contributed by atoms with Crippen LogP contribution in [0.3, 0.4) is 0 Å². The Balaban J connectivity index is 1.34. The molecule has 0 aromatic heterocycles. The number of aromatic hydroxyl groups is 2. The lowest BCUT2D eigenvalue weighted by Crippen LogP contribution is -2.40. The van der Waals surface area contributed by atoms with Crippen molar-refractivity contribution in [3.8, 4) is 45.6 Å². The van der Waals surface area contributed by atoms with Gasteiger partial charge < -0.3 is 39.4 Å². The molecule has 4 aromatic carbocycles. The highest BCUT2D eigenvalue weighted by Gasteiger charge is 2.43. The van der Waals surface area contributed by atoms with Crippen LogP contribution in [0.1, 0.15) is 34.5 Å². The third-order valence-corrected chi connectivity index (χ3v) is 8.10. The zero-order valence-corrected chi connectivity index (χ0v) is 22.8. The molecule has 8 heteroatoms. The third kappa shape index (κ3) is 5.01. The molecule has 0 bridgehead atoms. The highest BCUT2D eigenvalue weighted by Crippen LogP contribution is 2.49. The maximum Gasteiger partial charge on any atom is 0.128 e. The number of hydrogen-bond donors (Lipinski definition) is 4. The van der Waals surface area contributed by atoms with Crippen LogP contribution >= 0.6 is 0 Å². The third-order valence-electron chi connectivity index (χ3n) is 8.10. The van der Waals surface area contributed by atoms with Gasteiger partial charge in [-0.1, -0.05) is 18.2 Å². The minimum atomic E-state index is -0.947. The van der Waals surface area contributed by atoms with Crippen LogP contribution in [0.4, 0.5) is 0 Å². The lowest BCUT2D eigenvalue weighted by molar-refractivity contribution is -0.0554. The van der Waals surface area contributed by atoms with Crippen molar-refractivity contribution >= 4 is 0 Å². The van der Waals surface area contributed by atoms with E-state index in [1.807, 2.05) is 18.2 Å². The normalized spacial score (nSPS) is 21.2. The first-order chi connectivity index (χ1) is 19.9. The average molecular weight is 557 g/mol. The van der Waals surface area contributed by atoms with Crippen molar-refractivity contribution in [2.24, 2.45) is 11.8 Å². The van der Waals surface area contributed by atoms with Gasteiger partial charge in [0.25, 0.3) is 0 Å². The Morgan fingerprint density at radius 2 is 1.41 bits per heavy atom. The second-order valence-corrected chi connectivity index (χ2v) is 10.5. The van der Waals surface area contributed by atoms with Crippen molar-refractivity contribution in [1.82, 2.24) is 0 Å². The van der Waals surface area contributed by atoms with Crippen molar-refractivity contribution < 1.29 is 39.4 Å². The fourth-order valence-corrected chi connectivity index (χ4v) is 5.96. The highest BCUT2D eigenvalue weighted by atomic mass is 16.5. The Morgan fingerprint density at radius 3 is 2.17 bits per heavy atom. The van der Waals surface area contributed by atoms with Crippen LogP contribution in [0, 0.1) is 11.8 Å². The quantitative estimate of drug-likeness (QED) is 0.257. The molecule has 2 aliphatic heterocycles. The molecule has 2 heterocycles. The van der Waals surface area contributed by atoms with E-state index in [4.69, 9.17) is 18.9 Å². The van der Waals surface area contributed by atoms with Crippen LogP contribution in [0.25, 0.3) is 11.1 Å². The molecular weight excluding hydrogens is 524 g/mol. The summed E-state index contributed by atoms with van der Waals surface area (Å²) in [5, 5.41) is 43.4. The Kier molecular flexibility index (Phi) is 7.11. The summed E-state index contributed by atoms with van der Waals surface area (Å²) in [4.78, 5) is 0. The molecule has 0 amide bonds. The first-order valence-electron chi connectivity index (χ1n) is 13.5. The van der Waals surface area contributed by atoms with Gasteiger partial charge >= 0.3 is 0 Å². The van der Waals surface area contributed by atoms with Crippen molar-refractivity contribution in [3.05, 3.63) is 95.1 Å². The second kappa shape index (κ2) is 10.9. The molecule has 0 aliphatic carbocycles. The standard InChI is InChI=1S/C33H32O8/c1-38-23-7-9-30-26(14-23)31(36)28(16-40-30)29-17-41-33-20(13-24(39-2)15-27(33)32(29)37)10-19-12-22(35)6-8-25(19)18-4-3-5-21(34)11-18/h3-9,11-15,28-29,31-32,34-37H,10,16-17H2,1-2H3/t28-,29-,31-,32+/m0/s1. The molecule has 0 saturated heterocycles. The monoisotopic (exact) mass is 556 g/mol. The summed E-state index contributed by atoms with van der Waals surface area (Å²) in [5.74, 6) is 1.71. The van der Waals surface area contributed by atoms with Crippen molar-refractivity contribution in [2.45, 2.75) is 18.6 Å². The number of fused-ring (bicyclic) bond motifs is 2. The molecule has 212 valence electrons. The van der Waals surface area contributed by atoms with E-state index in [-0.39, 0.29) is 24.7 Å². The van der Waals surface area contributed by atoms with Gasteiger partial charge in [-0.05, 0) is 71.3 Å². The average Bonchev–Trinajstić information content (AvgIpc) is 2.98. The van der Waals surface area contributed by atoms with Gasteiger partial charge in [-0.3, -0.25) is 0 Å². The fraction of sp³-hybridized carbons (Fsp3) is 0.273. The van der Waals surface area contributed by atoms with E-state index in [9.17, 15) is 20.4 Å². The van der Waals surface area contributed by atoms with Gasteiger partial charge in [0.1, 0.15) is 34.5 Å². The predicted octanol–water partition coefficient (Wildman–Crippen LogP) is 5.16. The molecule has 0 spiro atoms. The summed E-state index contributed by atoms with van der Waals surface area (Å²) < 4.78 is 23.2. The number of phenols is 2. The summed E-state index contributed by atoms with van der Waals surface area (Å²) in [5.41, 5.74) is 4.43. The summed E-state index contributed by atoms with van der Waals surface area (Å²) in [7, 11) is 3.13. The number of phenolic OH excluding ortho intramolecular Hbond substituents is 2. The fourth-order valence-electron chi connectivity index (χ4n) is 5.96. The number of rotatable bonds is 6. The van der Waals surface area contributed by atoms with E-state index >= 15 is 0 Å². The number of benzene rings is 4. The smallest absolute Gasteiger partial charge is 0.128 e. The topological polar surface area (TPSA) is 118 Å². The lowest BCUT2D eigenvalue weighted by Gasteiger charge is -2.40. The van der Waals surface area contributed by atoms with Crippen molar-refractivity contribution in [3.63, 3.8) is 0 Å². The summed E-state index contributed by atoms with van der Waals surface area (Å²) in [6.45, 7) is 0.408. The molecule has 8 nitrogen and oxygen atoms in total. The largest absolute Gasteiger partial charge is 0.508 e. The molecule has 2 aliphatic rings. The summed E-state index contributed by atoms with van der Waals surface area (Å²) in [6, 6.07) is 21.0. The van der Waals surface area contributed by atoms with Crippen LogP contribution in [0.2, 0.25) is 0 Å². The molecule has 0 saturated carbocycles. The van der Waals surface area contributed by atoms with Crippen LogP contribution in [-0.4, -0.2) is 47.9 Å². The molecule has 0 fully saturated rings. The SMILES string of the molecule is COc1cc(Cc2cc(O)ccc2-c2cccc(O)c2)c2c(c1)[C@@H](O)[C@H]([C@@H]1COc3ccc(OC)cc3[C@@H]1O)CO2. The summed E-state index contributed by atoms with van der Waals surface area (Å²) in [6.07, 6.45) is -1.45. The molecule has 4 atom stereocenters. The Bertz CT molecular complexity index is 1580. The molecule has 4 N–H and O–H groups in total. The zero-order chi connectivity index (χ0) is 28.7. The van der Waals surface area contributed by atoms with Gasteiger partial charge in [0, 0.05) is 34.9 Å². The van der Waals surface area contributed by atoms with Crippen LogP contribution in [0.15, 0.2) is 72.8 Å². The van der Waals surface area contributed by atoms with Crippen molar-refractivity contribution in [1.29, 1.82) is 0 Å². The van der Waals surface area contributed by atoms with Crippen LogP contribution < -0.4 is 18.9 Å². The maximum absolute atomic E-state index is 11.7. The molecule has 41 heavy (non-hydrogen) atoms. The van der Waals surface area contributed by atoms with Crippen LogP contribution in [-0.2, 0) is 6.42 Å². The van der Waals surface area contributed by atoms with Gasteiger partial charge in [0.15, 0.2) is 0 Å². The minimum Gasteiger partial charge on any atom is -0.508 e. The predicted molar refractivity (Wildman–Crippen MR) is 152 cm³/mol. The summed E-state index contributed by atoms with van der Waals surface area (Å²) >= 11 is 0. The Hall–Kier alpha value is -4.40. The Morgan fingerprint density at radius 1 is 0.707 bits per heavy atom. The number of aliphatic hydroxyl groups is 2. The molecule has 6 rings (SSSR count). The number of ether oxygens (including phenoxy) is 4. The first-order valence-corrected chi connectivity index (χ1v) is 13.5. The molecule has 0 unspecified atom stereocenters. The van der Waals surface area contributed by atoms with Gasteiger partial charge in [0.2, 0.25) is 0 Å². The zero-order valence-electron chi connectivity index (χ0n) is 22.8. The first kappa shape index (κ1) is 26.8. The highest BCUT2D eigenvalue weighted by molar-refractivity contribution is 5.70. The number of aliphatic hydroxyl groups excluding tert-OH is 2. The molecular formula is C33H32O8. The van der Waals surface area contributed by atoms with E-state index in [0.717, 1.165) is 22.3 Å². The van der Waals surface area contributed by atoms with E-state index in [2.05, 4.69) is 0 Å². The number of hydrogen-bond acceptors (Lipinski definition) is 8. The van der Waals surface area contributed by atoms with Gasteiger partial charge in [-0.2, -0.15) is 0 Å². The minimum absolute atomic E-state index is 0.116. The van der Waals surface area contributed by atoms with E-state index in [0.29, 0.717) is 40.5 Å². The lowest BCUT2D eigenvalue weighted by atomic mass is 9.77. The van der Waals surface area contributed by atoms with E-state index in [1.165, 1.54) is 0 Å². The molecule has 0 radical (unpaired) electrons. The van der Waals surface area contributed by atoms with Gasteiger partial charge in [0.05, 0.1) is 39.6 Å². The Labute approximate surface area is 238 Å².